The lowest BCUT2D eigenvalue weighted by molar-refractivity contribution is 0.294. The van der Waals surface area contributed by atoms with Gasteiger partial charge in [0, 0.05) is 28.9 Å². The van der Waals surface area contributed by atoms with Crippen LogP contribution in [0.25, 0.3) is 21.8 Å². The normalized spacial score (nSPS) is 10.8. The predicted octanol–water partition coefficient (Wildman–Crippen LogP) is 5.25. The first-order valence-electron chi connectivity index (χ1n) is 8.33. The molecule has 0 saturated heterocycles. The van der Waals surface area contributed by atoms with Gasteiger partial charge in [0.25, 0.3) is 0 Å². The number of ether oxygens (including phenoxy) is 1. The van der Waals surface area contributed by atoms with Gasteiger partial charge in [-0.25, -0.2) is 4.98 Å². The van der Waals surface area contributed by atoms with Crippen LogP contribution < -0.4 is 4.74 Å². The van der Waals surface area contributed by atoms with Gasteiger partial charge < -0.3 is 9.30 Å². The van der Waals surface area contributed by atoms with Crippen molar-refractivity contribution < 1.29 is 9.44 Å². The fraction of sp³-hybridized carbons (Fsp3) is 0.190. The zero-order valence-electron chi connectivity index (χ0n) is 14.4. The number of halogens is 1. The van der Waals surface area contributed by atoms with E-state index in [-0.39, 0.29) is 4.70 Å². The van der Waals surface area contributed by atoms with Crippen molar-refractivity contribution in [1.82, 2.24) is 9.55 Å². The molecule has 0 aliphatic rings. The standard InChI is InChI=1S/C21H20N2O.FH/c1-3-23-19-12-8-7-11-17(19)18-13-20(22-15(2)21(18)23)24-14-16-9-5-4-6-10-16;/h4-13H,3,14H2,1-2H3;1H. The van der Waals surface area contributed by atoms with E-state index in [4.69, 9.17) is 4.74 Å². The Hall–Kier alpha value is -2.88. The molecule has 0 aliphatic heterocycles. The van der Waals surface area contributed by atoms with E-state index >= 15 is 0 Å². The van der Waals surface area contributed by atoms with Crippen LogP contribution in [0.4, 0.5) is 4.70 Å². The maximum absolute atomic E-state index is 5.95. The van der Waals surface area contributed by atoms with Crippen molar-refractivity contribution in [2.75, 3.05) is 0 Å². The number of pyridine rings is 1. The Morgan fingerprint density at radius 3 is 2.44 bits per heavy atom. The molecule has 2 heterocycles. The highest BCUT2D eigenvalue weighted by atomic mass is 19.0. The van der Waals surface area contributed by atoms with E-state index < -0.39 is 0 Å². The van der Waals surface area contributed by atoms with Gasteiger partial charge in [0.1, 0.15) is 6.61 Å². The highest BCUT2D eigenvalue weighted by molar-refractivity contribution is 6.09. The molecule has 0 atom stereocenters. The maximum atomic E-state index is 5.95. The van der Waals surface area contributed by atoms with E-state index in [9.17, 15) is 0 Å². The summed E-state index contributed by atoms with van der Waals surface area (Å²) in [4.78, 5) is 4.68. The van der Waals surface area contributed by atoms with E-state index in [0.717, 1.165) is 17.8 Å². The smallest absolute Gasteiger partial charge is 0.214 e. The average Bonchev–Trinajstić information content (AvgIpc) is 2.95. The minimum Gasteiger partial charge on any atom is -0.473 e. The molecule has 0 radical (unpaired) electrons. The fourth-order valence-corrected chi connectivity index (χ4v) is 3.37. The lowest BCUT2D eigenvalue weighted by atomic mass is 10.1. The Bertz CT molecular complexity index is 1010. The van der Waals surface area contributed by atoms with Crippen LogP contribution in [0.3, 0.4) is 0 Å². The molecule has 0 unspecified atom stereocenters. The molecule has 0 saturated carbocycles. The summed E-state index contributed by atoms with van der Waals surface area (Å²) in [6, 6.07) is 20.8. The number of aryl methyl sites for hydroxylation is 2. The number of para-hydroxylation sites is 1. The Morgan fingerprint density at radius 1 is 0.960 bits per heavy atom. The molecule has 0 amide bonds. The van der Waals surface area contributed by atoms with Crippen LogP contribution in [0.1, 0.15) is 18.2 Å². The summed E-state index contributed by atoms with van der Waals surface area (Å²) in [5.74, 6) is 0.683. The molecule has 0 fully saturated rings. The first-order chi connectivity index (χ1) is 11.8. The monoisotopic (exact) mass is 336 g/mol. The average molecular weight is 336 g/mol. The van der Waals surface area contributed by atoms with Gasteiger partial charge in [-0.05, 0) is 25.5 Å². The van der Waals surface area contributed by atoms with E-state index in [1.54, 1.807) is 0 Å². The fourth-order valence-electron chi connectivity index (χ4n) is 3.37. The minimum atomic E-state index is 0. The zero-order valence-corrected chi connectivity index (χ0v) is 14.4. The summed E-state index contributed by atoms with van der Waals surface area (Å²) < 4.78 is 8.28. The van der Waals surface area contributed by atoms with Crippen LogP contribution in [0.15, 0.2) is 60.7 Å². The Balaban J connectivity index is 0.00000182. The predicted molar refractivity (Wildman–Crippen MR) is 101 cm³/mol. The van der Waals surface area contributed by atoms with E-state index in [1.807, 2.05) is 18.2 Å². The van der Waals surface area contributed by atoms with Gasteiger partial charge in [-0.2, -0.15) is 0 Å². The van der Waals surface area contributed by atoms with Crippen LogP contribution in [-0.2, 0) is 13.2 Å². The van der Waals surface area contributed by atoms with Crippen molar-refractivity contribution in [2.45, 2.75) is 27.0 Å². The van der Waals surface area contributed by atoms with Gasteiger partial charge in [0.2, 0.25) is 5.88 Å². The van der Waals surface area contributed by atoms with Crippen LogP contribution in [0.2, 0.25) is 0 Å². The zero-order chi connectivity index (χ0) is 16.5. The second-order valence-corrected chi connectivity index (χ2v) is 5.98. The minimum absolute atomic E-state index is 0. The molecule has 0 aliphatic carbocycles. The summed E-state index contributed by atoms with van der Waals surface area (Å²) in [7, 11) is 0. The van der Waals surface area contributed by atoms with Crippen LogP contribution in [0.5, 0.6) is 5.88 Å². The second kappa shape index (κ2) is 6.93. The van der Waals surface area contributed by atoms with E-state index in [2.05, 4.69) is 65.9 Å². The molecule has 4 rings (SSSR count). The van der Waals surface area contributed by atoms with Crippen molar-refractivity contribution in [2.24, 2.45) is 0 Å². The Morgan fingerprint density at radius 2 is 1.68 bits per heavy atom. The van der Waals surface area contributed by atoms with Gasteiger partial charge in [-0.15, -0.1) is 0 Å². The van der Waals surface area contributed by atoms with Crippen molar-refractivity contribution in [3.8, 4) is 5.88 Å². The SMILES string of the molecule is CCn1c2ccccc2c2cc(OCc3ccccc3)nc(C)c21.F. The summed E-state index contributed by atoms with van der Waals surface area (Å²) in [5, 5.41) is 2.47. The molecule has 0 N–H and O–H groups in total. The molecule has 3 nitrogen and oxygen atoms in total. The topological polar surface area (TPSA) is 27.1 Å². The lowest BCUT2D eigenvalue weighted by Crippen LogP contribution is -2.00. The molecule has 4 heteroatoms. The molecule has 2 aromatic heterocycles. The third-order valence-electron chi connectivity index (χ3n) is 4.44. The Kier molecular flexibility index (Phi) is 4.70. The van der Waals surface area contributed by atoms with Gasteiger partial charge in [-0.3, -0.25) is 4.70 Å². The first-order valence-corrected chi connectivity index (χ1v) is 8.33. The second-order valence-electron chi connectivity index (χ2n) is 5.98. The number of aromatic nitrogens is 2. The molecule has 4 aromatic rings. The molecule has 0 spiro atoms. The third-order valence-corrected chi connectivity index (χ3v) is 4.44. The van der Waals surface area contributed by atoms with Gasteiger partial charge >= 0.3 is 0 Å². The lowest BCUT2D eigenvalue weighted by Gasteiger charge is -2.09. The third kappa shape index (κ3) is 2.95. The van der Waals surface area contributed by atoms with E-state index in [0.29, 0.717) is 12.5 Å². The van der Waals surface area contributed by atoms with Crippen molar-refractivity contribution in [3.05, 3.63) is 71.9 Å². The number of benzene rings is 2. The maximum Gasteiger partial charge on any atom is 0.214 e. The molecule has 25 heavy (non-hydrogen) atoms. The molecular formula is C21H21FN2O. The largest absolute Gasteiger partial charge is 0.473 e. The van der Waals surface area contributed by atoms with Gasteiger partial charge in [0.05, 0.1) is 11.2 Å². The number of hydrogen-bond acceptors (Lipinski definition) is 2. The number of rotatable bonds is 4. The quantitative estimate of drug-likeness (QED) is 0.509. The summed E-state index contributed by atoms with van der Waals surface area (Å²) in [6.45, 7) is 5.69. The highest BCUT2D eigenvalue weighted by Gasteiger charge is 2.14. The molecular weight excluding hydrogens is 315 g/mol. The van der Waals surface area contributed by atoms with Crippen LogP contribution in [-0.4, -0.2) is 9.55 Å². The molecule has 0 bridgehead atoms. The molecule has 2 aromatic carbocycles. The van der Waals surface area contributed by atoms with Gasteiger partial charge in [-0.1, -0.05) is 48.5 Å². The Labute approximate surface area is 146 Å². The van der Waals surface area contributed by atoms with Crippen LogP contribution in [0, 0.1) is 6.92 Å². The number of hydrogen-bond donors (Lipinski definition) is 0. The highest BCUT2D eigenvalue weighted by Crippen LogP contribution is 2.32. The number of fused-ring (bicyclic) bond motifs is 3. The molecule has 128 valence electrons. The van der Waals surface area contributed by atoms with Crippen molar-refractivity contribution in [1.29, 1.82) is 0 Å². The summed E-state index contributed by atoms with van der Waals surface area (Å²) in [5.41, 5.74) is 4.60. The number of nitrogens with zero attached hydrogens (tertiary/aromatic N) is 2. The van der Waals surface area contributed by atoms with Crippen molar-refractivity contribution >= 4 is 21.8 Å². The van der Waals surface area contributed by atoms with Crippen LogP contribution >= 0.6 is 0 Å². The van der Waals surface area contributed by atoms with Crippen molar-refractivity contribution in [3.63, 3.8) is 0 Å². The first kappa shape index (κ1) is 17.0. The summed E-state index contributed by atoms with van der Waals surface area (Å²) in [6.07, 6.45) is 0. The van der Waals surface area contributed by atoms with Gasteiger partial charge in [0.15, 0.2) is 0 Å². The van der Waals surface area contributed by atoms with E-state index in [1.165, 1.54) is 21.8 Å². The summed E-state index contributed by atoms with van der Waals surface area (Å²) >= 11 is 0.